The molecule has 0 aromatic carbocycles. The van der Waals surface area contributed by atoms with E-state index in [1.54, 1.807) is 0 Å². The first-order valence-corrected chi connectivity index (χ1v) is 6.92. The Balaban J connectivity index is 1.76. The van der Waals surface area contributed by atoms with Gasteiger partial charge in [0.1, 0.15) is 5.82 Å². The molecule has 0 saturated carbocycles. The normalized spacial score (nSPS) is 25.6. The van der Waals surface area contributed by atoms with Crippen LogP contribution in [0.25, 0.3) is 0 Å². The molecule has 2 saturated heterocycles. The van der Waals surface area contributed by atoms with Crippen molar-refractivity contribution in [2.75, 3.05) is 31.1 Å². The van der Waals surface area contributed by atoms with Crippen molar-refractivity contribution in [2.45, 2.75) is 31.3 Å². The van der Waals surface area contributed by atoms with Crippen molar-refractivity contribution in [1.82, 2.24) is 10.3 Å². The Morgan fingerprint density at radius 1 is 1.28 bits per heavy atom. The van der Waals surface area contributed by atoms with Crippen molar-refractivity contribution in [1.29, 1.82) is 0 Å². The van der Waals surface area contributed by atoms with Crippen LogP contribution in [-0.2, 0) is 0 Å². The number of piperidine rings is 1. The maximum Gasteiger partial charge on any atom is 0.128 e. The number of rotatable bonds is 2. The zero-order valence-electron chi connectivity index (χ0n) is 10.7. The van der Waals surface area contributed by atoms with Crippen molar-refractivity contribution in [3.63, 3.8) is 0 Å². The van der Waals surface area contributed by atoms with Crippen LogP contribution in [0.15, 0.2) is 18.3 Å². The van der Waals surface area contributed by atoms with E-state index in [9.17, 15) is 5.11 Å². The molecule has 3 heterocycles. The van der Waals surface area contributed by atoms with Gasteiger partial charge in [-0.25, -0.2) is 4.98 Å². The summed E-state index contributed by atoms with van der Waals surface area (Å²) in [5.41, 5.74) is 1.41. The monoisotopic (exact) mass is 247 g/mol. The Hall–Kier alpha value is -1.13. The fraction of sp³-hybridized carbons (Fsp3) is 0.643. The van der Waals surface area contributed by atoms with E-state index in [1.807, 2.05) is 6.20 Å². The highest BCUT2D eigenvalue weighted by molar-refractivity contribution is 5.43. The minimum absolute atomic E-state index is 0.186. The second kappa shape index (κ2) is 5.24. The van der Waals surface area contributed by atoms with Crippen LogP contribution in [0.3, 0.4) is 0 Å². The molecular weight excluding hydrogens is 226 g/mol. The molecule has 1 unspecified atom stereocenters. The first-order valence-electron chi connectivity index (χ1n) is 6.92. The molecule has 2 N–H and O–H groups in total. The number of hydrogen-bond donors (Lipinski definition) is 2. The number of hydrogen-bond acceptors (Lipinski definition) is 4. The van der Waals surface area contributed by atoms with Crippen LogP contribution in [0, 0.1) is 0 Å². The van der Waals surface area contributed by atoms with Gasteiger partial charge in [-0.1, -0.05) is 0 Å². The van der Waals surface area contributed by atoms with Crippen LogP contribution in [0.4, 0.5) is 5.82 Å². The van der Waals surface area contributed by atoms with Gasteiger partial charge in [-0.3, -0.25) is 0 Å². The predicted molar refractivity (Wildman–Crippen MR) is 71.9 cm³/mol. The molecule has 4 nitrogen and oxygen atoms in total. The molecule has 0 bridgehead atoms. The standard InChI is InChI=1S/C14H21N3O/c18-13-4-8-17(10-13)14-9-12(3-7-16-14)11-1-5-15-6-2-11/h3,7,9,11,13,15,18H,1-2,4-6,8,10H2. The third-order valence-corrected chi connectivity index (χ3v) is 4.07. The number of aliphatic hydroxyl groups excluding tert-OH is 1. The van der Waals surface area contributed by atoms with Crippen molar-refractivity contribution in [2.24, 2.45) is 0 Å². The molecule has 98 valence electrons. The predicted octanol–water partition coefficient (Wildman–Crippen LogP) is 1.12. The molecule has 18 heavy (non-hydrogen) atoms. The number of anilines is 1. The van der Waals surface area contributed by atoms with Crippen molar-refractivity contribution >= 4 is 5.82 Å². The molecule has 1 aromatic heterocycles. The van der Waals surface area contributed by atoms with Gasteiger partial charge in [-0.05, 0) is 56.0 Å². The van der Waals surface area contributed by atoms with Crippen molar-refractivity contribution in [3.05, 3.63) is 23.9 Å². The lowest BCUT2D eigenvalue weighted by molar-refractivity contribution is 0.198. The van der Waals surface area contributed by atoms with Crippen LogP contribution < -0.4 is 10.2 Å². The molecule has 1 atom stereocenters. The van der Waals surface area contributed by atoms with Crippen molar-refractivity contribution in [3.8, 4) is 0 Å². The lowest BCUT2D eigenvalue weighted by Crippen LogP contribution is -2.27. The summed E-state index contributed by atoms with van der Waals surface area (Å²) in [6, 6.07) is 4.36. The quantitative estimate of drug-likeness (QED) is 0.822. The Kier molecular flexibility index (Phi) is 3.48. The summed E-state index contributed by atoms with van der Waals surface area (Å²) in [6.07, 6.45) is 5.02. The van der Waals surface area contributed by atoms with E-state index in [-0.39, 0.29) is 6.10 Å². The summed E-state index contributed by atoms with van der Waals surface area (Å²) in [6.45, 7) is 3.88. The van der Waals surface area contributed by atoms with Gasteiger partial charge >= 0.3 is 0 Å². The van der Waals surface area contributed by atoms with Gasteiger partial charge < -0.3 is 15.3 Å². The van der Waals surface area contributed by atoms with Gasteiger partial charge in [0.25, 0.3) is 0 Å². The average Bonchev–Trinajstić information content (AvgIpc) is 2.87. The van der Waals surface area contributed by atoms with E-state index in [4.69, 9.17) is 0 Å². The van der Waals surface area contributed by atoms with Crippen LogP contribution in [0.5, 0.6) is 0 Å². The molecular formula is C14H21N3O. The van der Waals surface area contributed by atoms with Gasteiger partial charge in [0, 0.05) is 19.3 Å². The van der Waals surface area contributed by atoms with E-state index < -0.39 is 0 Å². The Morgan fingerprint density at radius 2 is 2.11 bits per heavy atom. The maximum atomic E-state index is 9.60. The van der Waals surface area contributed by atoms with Crippen molar-refractivity contribution < 1.29 is 5.11 Å². The van der Waals surface area contributed by atoms with Gasteiger partial charge in [0.05, 0.1) is 6.10 Å². The Labute approximate surface area is 108 Å². The highest BCUT2D eigenvalue weighted by Crippen LogP contribution is 2.28. The molecule has 0 aliphatic carbocycles. The summed E-state index contributed by atoms with van der Waals surface area (Å²) in [5.74, 6) is 1.70. The largest absolute Gasteiger partial charge is 0.391 e. The lowest BCUT2D eigenvalue weighted by Gasteiger charge is -2.24. The number of pyridine rings is 1. The lowest BCUT2D eigenvalue weighted by atomic mass is 9.91. The zero-order chi connectivity index (χ0) is 12.4. The smallest absolute Gasteiger partial charge is 0.128 e. The molecule has 4 heteroatoms. The van der Waals surface area contributed by atoms with E-state index in [0.29, 0.717) is 5.92 Å². The number of β-amino-alcohol motifs (C(OH)–C–C–N with tert-alkyl or cyclic N) is 1. The molecule has 0 amide bonds. The zero-order valence-corrected chi connectivity index (χ0v) is 10.7. The second-order valence-electron chi connectivity index (χ2n) is 5.36. The molecule has 2 fully saturated rings. The topological polar surface area (TPSA) is 48.4 Å². The average molecular weight is 247 g/mol. The van der Waals surface area contributed by atoms with Gasteiger partial charge in [0.15, 0.2) is 0 Å². The molecule has 3 rings (SSSR count). The van der Waals surface area contributed by atoms with E-state index >= 15 is 0 Å². The third-order valence-electron chi connectivity index (χ3n) is 4.07. The fourth-order valence-corrected chi connectivity index (χ4v) is 2.97. The van der Waals surface area contributed by atoms with E-state index in [2.05, 4.69) is 27.3 Å². The van der Waals surface area contributed by atoms with E-state index in [1.165, 1.54) is 18.4 Å². The first-order chi connectivity index (χ1) is 8.83. The van der Waals surface area contributed by atoms with E-state index in [0.717, 1.165) is 38.4 Å². The highest BCUT2D eigenvalue weighted by Gasteiger charge is 2.22. The SMILES string of the molecule is OC1CCN(c2cc(C3CCNCC3)ccn2)C1. The van der Waals surface area contributed by atoms with Crippen LogP contribution in [0.1, 0.15) is 30.7 Å². The van der Waals surface area contributed by atoms with Gasteiger partial charge in [-0.15, -0.1) is 0 Å². The Bertz CT molecular complexity index is 384. The van der Waals surface area contributed by atoms with Crippen LogP contribution in [0.2, 0.25) is 0 Å². The first kappa shape index (κ1) is 11.9. The third kappa shape index (κ3) is 2.49. The minimum atomic E-state index is -0.186. The minimum Gasteiger partial charge on any atom is -0.391 e. The highest BCUT2D eigenvalue weighted by atomic mass is 16.3. The summed E-state index contributed by atoms with van der Waals surface area (Å²) in [7, 11) is 0. The summed E-state index contributed by atoms with van der Waals surface area (Å²) in [4.78, 5) is 6.64. The molecule has 2 aliphatic rings. The van der Waals surface area contributed by atoms with Crippen LogP contribution in [-0.4, -0.2) is 42.4 Å². The van der Waals surface area contributed by atoms with Gasteiger partial charge in [0.2, 0.25) is 0 Å². The summed E-state index contributed by atoms with van der Waals surface area (Å²) >= 11 is 0. The molecule has 0 radical (unpaired) electrons. The Morgan fingerprint density at radius 3 is 2.83 bits per heavy atom. The number of aromatic nitrogens is 1. The second-order valence-corrected chi connectivity index (χ2v) is 5.36. The fourth-order valence-electron chi connectivity index (χ4n) is 2.97. The van der Waals surface area contributed by atoms with Gasteiger partial charge in [-0.2, -0.15) is 0 Å². The molecule has 0 spiro atoms. The maximum absolute atomic E-state index is 9.60. The molecule has 1 aromatic rings. The van der Waals surface area contributed by atoms with Crippen LogP contribution >= 0.6 is 0 Å². The summed E-state index contributed by atoms with van der Waals surface area (Å²) in [5, 5.41) is 13.0. The number of nitrogens with zero attached hydrogens (tertiary/aromatic N) is 2. The number of nitrogens with one attached hydrogen (secondary N) is 1. The molecule has 2 aliphatic heterocycles. The number of aliphatic hydroxyl groups is 1. The summed E-state index contributed by atoms with van der Waals surface area (Å²) < 4.78 is 0.